The van der Waals surface area contributed by atoms with Gasteiger partial charge in [-0.1, -0.05) is 24.3 Å². The van der Waals surface area contributed by atoms with E-state index in [2.05, 4.69) is 5.32 Å². The van der Waals surface area contributed by atoms with Gasteiger partial charge in [0.2, 0.25) is 0 Å². The molecule has 116 valence electrons. The Morgan fingerprint density at radius 2 is 1.86 bits per heavy atom. The molecule has 1 aliphatic rings. The first-order valence-electron chi connectivity index (χ1n) is 7.23. The van der Waals surface area contributed by atoms with Crippen molar-refractivity contribution in [2.24, 2.45) is 0 Å². The van der Waals surface area contributed by atoms with Crippen LogP contribution < -0.4 is 10.1 Å². The third kappa shape index (κ3) is 3.43. The lowest BCUT2D eigenvalue weighted by molar-refractivity contribution is -0.0442. The fraction of sp³-hybridized carbons (Fsp3) is 0.294. The van der Waals surface area contributed by atoms with Gasteiger partial charge in [0.05, 0.1) is 6.61 Å². The smallest absolute Gasteiger partial charge is 0.165 e. The maximum atomic E-state index is 13.9. The number of benzene rings is 2. The van der Waals surface area contributed by atoms with E-state index in [1.54, 1.807) is 30.3 Å². The third-order valence-corrected chi connectivity index (χ3v) is 3.58. The van der Waals surface area contributed by atoms with Crippen LogP contribution in [-0.4, -0.2) is 25.8 Å². The van der Waals surface area contributed by atoms with Crippen molar-refractivity contribution in [3.63, 3.8) is 0 Å². The molecule has 1 fully saturated rings. The average Bonchev–Trinajstić information content (AvgIpc) is 2.56. The van der Waals surface area contributed by atoms with Crippen LogP contribution in [0.4, 0.5) is 8.78 Å². The standard InChI is InChI=1S/C17H17F2NO2/c18-13-7-5-12(6-8-13)17(16-11-20-9-10-21-16)22-15-4-2-1-3-14(15)19/h1-8,16-17,20H,9-11H2. The molecule has 2 atom stereocenters. The van der Waals surface area contributed by atoms with Crippen molar-refractivity contribution in [1.82, 2.24) is 5.32 Å². The van der Waals surface area contributed by atoms with Gasteiger partial charge in [-0.15, -0.1) is 0 Å². The number of halogens is 2. The second-order valence-electron chi connectivity index (χ2n) is 5.13. The minimum absolute atomic E-state index is 0.158. The fourth-order valence-electron chi connectivity index (χ4n) is 2.47. The number of morpholine rings is 1. The molecule has 2 aromatic carbocycles. The molecular formula is C17H17F2NO2. The topological polar surface area (TPSA) is 30.5 Å². The number of ether oxygens (including phenoxy) is 2. The first-order valence-corrected chi connectivity index (χ1v) is 7.23. The van der Waals surface area contributed by atoms with Gasteiger partial charge in [0.1, 0.15) is 11.9 Å². The van der Waals surface area contributed by atoms with E-state index < -0.39 is 11.9 Å². The van der Waals surface area contributed by atoms with Crippen LogP contribution in [0.25, 0.3) is 0 Å². The van der Waals surface area contributed by atoms with Crippen LogP contribution >= 0.6 is 0 Å². The molecule has 2 aromatic rings. The van der Waals surface area contributed by atoms with Gasteiger partial charge in [-0.3, -0.25) is 0 Å². The summed E-state index contributed by atoms with van der Waals surface area (Å²) in [6.07, 6.45) is -0.774. The summed E-state index contributed by atoms with van der Waals surface area (Å²) < 4.78 is 38.6. The molecule has 1 N–H and O–H groups in total. The molecule has 0 radical (unpaired) electrons. The van der Waals surface area contributed by atoms with E-state index in [9.17, 15) is 8.78 Å². The van der Waals surface area contributed by atoms with Crippen LogP contribution in [0.5, 0.6) is 5.75 Å². The molecular weight excluding hydrogens is 288 g/mol. The Kier molecular flexibility index (Phi) is 4.65. The second-order valence-corrected chi connectivity index (χ2v) is 5.13. The van der Waals surface area contributed by atoms with Gasteiger partial charge in [-0.2, -0.15) is 0 Å². The van der Waals surface area contributed by atoms with Gasteiger partial charge < -0.3 is 14.8 Å². The van der Waals surface area contributed by atoms with E-state index in [1.165, 1.54) is 18.2 Å². The summed E-state index contributed by atoms with van der Waals surface area (Å²) in [5.41, 5.74) is 0.748. The van der Waals surface area contributed by atoms with Gasteiger partial charge in [0.25, 0.3) is 0 Å². The van der Waals surface area contributed by atoms with Gasteiger partial charge in [-0.05, 0) is 29.8 Å². The summed E-state index contributed by atoms with van der Waals surface area (Å²) in [6.45, 7) is 1.92. The molecule has 0 aromatic heterocycles. The van der Waals surface area contributed by atoms with Gasteiger partial charge >= 0.3 is 0 Å². The highest BCUT2D eigenvalue weighted by atomic mass is 19.1. The molecule has 1 saturated heterocycles. The first kappa shape index (κ1) is 14.9. The largest absolute Gasteiger partial charge is 0.480 e. The van der Waals surface area contributed by atoms with Crippen LogP contribution in [0.2, 0.25) is 0 Å². The molecule has 1 aliphatic heterocycles. The Balaban J connectivity index is 1.88. The maximum absolute atomic E-state index is 13.9. The number of hydrogen-bond donors (Lipinski definition) is 1. The highest BCUT2D eigenvalue weighted by Crippen LogP contribution is 2.29. The Morgan fingerprint density at radius 3 is 2.55 bits per heavy atom. The van der Waals surface area contributed by atoms with E-state index in [1.807, 2.05) is 0 Å². The zero-order valence-corrected chi connectivity index (χ0v) is 12.0. The van der Waals surface area contributed by atoms with Gasteiger partial charge in [0, 0.05) is 13.1 Å². The summed E-state index contributed by atoms with van der Waals surface area (Å²) in [6, 6.07) is 12.2. The number of hydrogen-bond acceptors (Lipinski definition) is 3. The molecule has 2 unspecified atom stereocenters. The van der Waals surface area contributed by atoms with Crippen molar-refractivity contribution in [2.75, 3.05) is 19.7 Å². The molecule has 1 heterocycles. The molecule has 22 heavy (non-hydrogen) atoms. The van der Waals surface area contributed by atoms with Crippen LogP contribution in [-0.2, 0) is 4.74 Å². The Bertz CT molecular complexity index is 612. The predicted octanol–water partition coefficient (Wildman–Crippen LogP) is 3.07. The molecule has 3 nitrogen and oxygen atoms in total. The lowest BCUT2D eigenvalue weighted by Gasteiger charge is -2.31. The second kappa shape index (κ2) is 6.85. The van der Waals surface area contributed by atoms with Crippen molar-refractivity contribution in [2.45, 2.75) is 12.2 Å². The third-order valence-electron chi connectivity index (χ3n) is 3.58. The fourth-order valence-corrected chi connectivity index (χ4v) is 2.47. The Labute approximate surface area is 127 Å². The molecule has 3 rings (SSSR count). The SMILES string of the molecule is Fc1ccc(C(Oc2ccccc2F)C2CNCCO2)cc1. The van der Waals surface area contributed by atoms with E-state index in [0.29, 0.717) is 13.2 Å². The summed E-state index contributed by atoms with van der Waals surface area (Å²) in [5.74, 6) is -0.597. The first-order chi connectivity index (χ1) is 10.7. The van der Waals surface area contributed by atoms with Crippen molar-refractivity contribution in [3.8, 4) is 5.75 Å². The van der Waals surface area contributed by atoms with Crippen LogP contribution in [0.1, 0.15) is 11.7 Å². The molecule has 0 amide bonds. The summed E-state index contributed by atoms with van der Waals surface area (Å²) >= 11 is 0. The molecule has 0 saturated carbocycles. The molecule has 0 bridgehead atoms. The zero-order valence-electron chi connectivity index (χ0n) is 12.0. The minimum atomic E-state index is -0.509. The number of para-hydroxylation sites is 1. The summed E-state index contributed by atoms with van der Waals surface area (Å²) in [4.78, 5) is 0. The Hall–Kier alpha value is -1.98. The average molecular weight is 305 g/mol. The quantitative estimate of drug-likeness (QED) is 0.941. The van der Waals surface area contributed by atoms with Crippen molar-refractivity contribution in [1.29, 1.82) is 0 Å². The van der Waals surface area contributed by atoms with E-state index in [4.69, 9.17) is 9.47 Å². The molecule has 5 heteroatoms. The lowest BCUT2D eigenvalue weighted by Crippen LogP contribution is -2.43. The van der Waals surface area contributed by atoms with Crippen molar-refractivity contribution >= 4 is 0 Å². The van der Waals surface area contributed by atoms with E-state index in [0.717, 1.165) is 12.1 Å². The number of rotatable bonds is 4. The monoisotopic (exact) mass is 305 g/mol. The normalized spacial score (nSPS) is 19.6. The molecule has 0 spiro atoms. The van der Waals surface area contributed by atoms with E-state index in [-0.39, 0.29) is 17.7 Å². The molecule has 0 aliphatic carbocycles. The van der Waals surface area contributed by atoms with E-state index >= 15 is 0 Å². The summed E-state index contributed by atoms with van der Waals surface area (Å²) in [7, 11) is 0. The maximum Gasteiger partial charge on any atom is 0.165 e. The minimum Gasteiger partial charge on any atom is -0.480 e. The van der Waals surface area contributed by atoms with Crippen molar-refractivity contribution < 1.29 is 18.3 Å². The van der Waals surface area contributed by atoms with Crippen molar-refractivity contribution in [3.05, 3.63) is 65.7 Å². The highest BCUT2D eigenvalue weighted by Gasteiger charge is 2.28. The lowest BCUT2D eigenvalue weighted by atomic mass is 10.0. The predicted molar refractivity (Wildman–Crippen MR) is 78.8 cm³/mol. The Morgan fingerprint density at radius 1 is 1.09 bits per heavy atom. The number of nitrogens with one attached hydrogen (secondary N) is 1. The van der Waals surface area contributed by atoms with Gasteiger partial charge in [-0.25, -0.2) is 8.78 Å². The van der Waals surface area contributed by atoms with Gasteiger partial charge in [0.15, 0.2) is 17.7 Å². The zero-order chi connectivity index (χ0) is 15.4. The van der Waals surface area contributed by atoms with Crippen LogP contribution in [0.3, 0.4) is 0 Å². The highest BCUT2D eigenvalue weighted by molar-refractivity contribution is 5.27. The van der Waals surface area contributed by atoms with Crippen LogP contribution in [0.15, 0.2) is 48.5 Å². The van der Waals surface area contributed by atoms with Crippen LogP contribution in [0, 0.1) is 11.6 Å². The summed E-state index contributed by atoms with van der Waals surface area (Å²) in [5, 5.41) is 3.22.